The third kappa shape index (κ3) is 3.60. The number of carbonyl (C=O) groups excluding carboxylic acids is 1. The first-order chi connectivity index (χ1) is 10.0. The lowest BCUT2D eigenvalue weighted by Crippen LogP contribution is -2.34. The Labute approximate surface area is 125 Å². The summed E-state index contributed by atoms with van der Waals surface area (Å²) in [7, 11) is 0. The van der Waals surface area contributed by atoms with E-state index in [2.05, 4.69) is 11.8 Å². The second kappa shape index (κ2) is 6.70. The standard InChI is InChI=1S/C16H22N2O3/c1-3-4-13-7-9-17(10-8-13)15-6-5-14(12(2)19)11-16(15)18(20)21/h5-6,11,13H,3-4,7-10H2,1-2H3. The Morgan fingerprint density at radius 3 is 2.57 bits per heavy atom. The highest BCUT2D eigenvalue weighted by Crippen LogP contribution is 2.33. The molecule has 0 aliphatic carbocycles. The van der Waals surface area contributed by atoms with Gasteiger partial charge in [-0.3, -0.25) is 14.9 Å². The van der Waals surface area contributed by atoms with Crippen molar-refractivity contribution >= 4 is 17.2 Å². The van der Waals surface area contributed by atoms with Gasteiger partial charge < -0.3 is 4.90 Å². The summed E-state index contributed by atoms with van der Waals surface area (Å²) >= 11 is 0. The highest BCUT2D eigenvalue weighted by atomic mass is 16.6. The van der Waals surface area contributed by atoms with Gasteiger partial charge in [-0.2, -0.15) is 0 Å². The molecule has 114 valence electrons. The molecule has 5 heteroatoms. The number of hydrogen-bond acceptors (Lipinski definition) is 4. The number of nitro benzene ring substituents is 1. The molecular weight excluding hydrogens is 268 g/mol. The minimum atomic E-state index is -0.389. The number of Topliss-reactive ketones (excluding diaryl/α,β-unsaturated/α-hetero) is 1. The van der Waals surface area contributed by atoms with E-state index in [0.717, 1.165) is 31.8 Å². The predicted octanol–water partition coefficient (Wildman–Crippen LogP) is 3.81. The lowest BCUT2D eigenvalue weighted by Gasteiger charge is -2.33. The number of nitro groups is 1. The van der Waals surface area contributed by atoms with Crippen LogP contribution in [-0.4, -0.2) is 23.8 Å². The van der Waals surface area contributed by atoms with Crippen LogP contribution in [0.2, 0.25) is 0 Å². The highest BCUT2D eigenvalue weighted by Gasteiger charge is 2.25. The first kappa shape index (κ1) is 15.5. The number of anilines is 1. The van der Waals surface area contributed by atoms with E-state index >= 15 is 0 Å². The van der Waals surface area contributed by atoms with E-state index in [4.69, 9.17) is 0 Å². The third-order valence-electron chi connectivity index (χ3n) is 4.23. The monoisotopic (exact) mass is 290 g/mol. The van der Waals surface area contributed by atoms with Gasteiger partial charge in [0.25, 0.3) is 5.69 Å². The second-order valence-electron chi connectivity index (χ2n) is 5.74. The van der Waals surface area contributed by atoms with Gasteiger partial charge in [0, 0.05) is 24.7 Å². The van der Waals surface area contributed by atoms with Crippen molar-refractivity contribution in [3.8, 4) is 0 Å². The van der Waals surface area contributed by atoms with Crippen LogP contribution >= 0.6 is 0 Å². The zero-order valence-corrected chi connectivity index (χ0v) is 12.7. The number of benzene rings is 1. The fourth-order valence-electron chi connectivity index (χ4n) is 3.03. The van der Waals surface area contributed by atoms with Crippen LogP contribution in [0, 0.1) is 16.0 Å². The van der Waals surface area contributed by atoms with Gasteiger partial charge in [-0.1, -0.05) is 19.8 Å². The van der Waals surface area contributed by atoms with Crippen molar-refractivity contribution in [2.75, 3.05) is 18.0 Å². The van der Waals surface area contributed by atoms with E-state index in [0.29, 0.717) is 11.3 Å². The van der Waals surface area contributed by atoms with Crippen molar-refractivity contribution in [3.05, 3.63) is 33.9 Å². The van der Waals surface area contributed by atoms with Crippen LogP contribution in [0.1, 0.15) is 49.9 Å². The van der Waals surface area contributed by atoms with Crippen LogP contribution in [0.3, 0.4) is 0 Å². The maximum atomic E-state index is 11.4. The summed E-state index contributed by atoms with van der Waals surface area (Å²) in [4.78, 5) is 24.3. The maximum Gasteiger partial charge on any atom is 0.293 e. The maximum absolute atomic E-state index is 11.4. The number of rotatable bonds is 5. The Bertz CT molecular complexity index is 534. The van der Waals surface area contributed by atoms with Crippen LogP contribution in [0.25, 0.3) is 0 Å². The Morgan fingerprint density at radius 2 is 2.05 bits per heavy atom. The summed E-state index contributed by atoms with van der Waals surface area (Å²) in [5.41, 5.74) is 1.07. The van der Waals surface area contributed by atoms with E-state index in [-0.39, 0.29) is 16.4 Å². The highest BCUT2D eigenvalue weighted by molar-refractivity contribution is 5.95. The first-order valence-electron chi connectivity index (χ1n) is 7.57. The molecule has 2 rings (SSSR count). The molecule has 5 nitrogen and oxygen atoms in total. The quantitative estimate of drug-likeness (QED) is 0.470. The van der Waals surface area contributed by atoms with Crippen LogP contribution in [-0.2, 0) is 0 Å². The van der Waals surface area contributed by atoms with Crippen molar-refractivity contribution in [1.82, 2.24) is 0 Å². The molecule has 0 atom stereocenters. The molecular formula is C16H22N2O3. The fraction of sp³-hybridized carbons (Fsp3) is 0.562. The van der Waals surface area contributed by atoms with Gasteiger partial charge in [-0.25, -0.2) is 0 Å². The topological polar surface area (TPSA) is 63.5 Å². The minimum absolute atomic E-state index is 0.0386. The fourth-order valence-corrected chi connectivity index (χ4v) is 3.03. The van der Waals surface area contributed by atoms with E-state index in [1.165, 1.54) is 25.8 Å². The average Bonchev–Trinajstić information content (AvgIpc) is 2.47. The molecule has 1 fully saturated rings. The van der Waals surface area contributed by atoms with Crippen LogP contribution in [0.4, 0.5) is 11.4 Å². The summed E-state index contributed by atoms with van der Waals surface area (Å²) in [6.07, 6.45) is 4.59. The molecule has 1 aliphatic rings. The predicted molar refractivity (Wildman–Crippen MR) is 82.9 cm³/mol. The van der Waals surface area contributed by atoms with Gasteiger partial charge in [0.05, 0.1) is 4.92 Å². The summed E-state index contributed by atoms with van der Waals surface area (Å²) < 4.78 is 0. The molecule has 1 aliphatic heterocycles. The smallest absolute Gasteiger partial charge is 0.293 e. The lowest BCUT2D eigenvalue weighted by molar-refractivity contribution is -0.384. The van der Waals surface area contributed by atoms with Gasteiger partial charge in [0.1, 0.15) is 5.69 Å². The van der Waals surface area contributed by atoms with Crippen LogP contribution in [0.15, 0.2) is 18.2 Å². The molecule has 0 saturated carbocycles. The molecule has 1 aromatic rings. The van der Waals surface area contributed by atoms with Crippen LogP contribution in [0.5, 0.6) is 0 Å². The number of nitrogens with zero attached hydrogens (tertiary/aromatic N) is 2. The Balaban J connectivity index is 2.20. The molecule has 0 N–H and O–H groups in total. The van der Waals surface area contributed by atoms with Crippen molar-refractivity contribution in [2.45, 2.75) is 39.5 Å². The SMILES string of the molecule is CCCC1CCN(c2ccc(C(C)=O)cc2[N+](=O)[O-])CC1. The number of hydrogen-bond donors (Lipinski definition) is 0. The van der Waals surface area contributed by atoms with Gasteiger partial charge >= 0.3 is 0 Å². The minimum Gasteiger partial charge on any atom is -0.366 e. The van der Waals surface area contributed by atoms with Crippen molar-refractivity contribution in [1.29, 1.82) is 0 Å². The van der Waals surface area contributed by atoms with Gasteiger partial charge in [-0.05, 0) is 37.8 Å². The van der Waals surface area contributed by atoms with Gasteiger partial charge in [0.15, 0.2) is 5.78 Å². The van der Waals surface area contributed by atoms with Crippen molar-refractivity contribution < 1.29 is 9.72 Å². The van der Waals surface area contributed by atoms with Crippen LogP contribution < -0.4 is 4.90 Å². The van der Waals surface area contributed by atoms with E-state index in [9.17, 15) is 14.9 Å². The van der Waals surface area contributed by atoms with Gasteiger partial charge in [-0.15, -0.1) is 0 Å². The largest absolute Gasteiger partial charge is 0.366 e. The number of piperidine rings is 1. The zero-order valence-electron chi connectivity index (χ0n) is 12.7. The van der Waals surface area contributed by atoms with E-state index < -0.39 is 0 Å². The number of carbonyl (C=O) groups is 1. The molecule has 0 bridgehead atoms. The Kier molecular flexibility index (Phi) is 4.94. The van der Waals surface area contributed by atoms with Crippen molar-refractivity contribution in [3.63, 3.8) is 0 Å². The molecule has 0 spiro atoms. The molecule has 0 radical (unpaired) electrons. The Morgan fingerprint density at radius 1 is 1.38 bits per heavy atom. The molecule has 1 aromatic carbocycles. The normalized spacial score (nSPS) is 16.0. The molecule has 0 amide bonds. The van der Waals surface area contributed by atoms with Gasteiger partial charge in [0.2, 0.25) is 0 Å². The summed E-state index contributed by atoms with van der Waals surface area (Å²) in [6, 6.07) is 4.80. The molecule has 0 unspecified atom stereocenters. The summed E-state index contributed by atoms with van der Waals surface area (Å²) in [5.74, 6) is 0.591. The molecule has 1 saturated heterocycles. The molecule has 21 heavy (non-hydrogen) atoms. The number of ketones is 1. The average molecular weight is 290 g/mol. The summed E-state index contributed by atoms with van der Waals surface area (Å²) in [6.45, 7) is 5.32. The first-order valence-corrected chi connectivity index (χ1v) is 7.57. The molecule has 0 aromatic heterocycles. The second-order valence-corrected chi connectivity index (χ2v) is 5.74. The lowest BCUT2D eigenvalue weighted by atomic mass is 9.92. The third-order valence-corrected chi connectivity index (χ3v) is 4.23. The zero-order chi connectivity index (χ0) is 15.4. The summed E-state index contributed by atoms with van der Waals surface area (Å²) in [5, 5.41) is 11.3. The van der Waals surface area contributed by atoms with E-state index in [1.54, 1.807) is 12.1 Å². The van der Waals surface area contributed by atoms with Crippen molar-refractivity contribution in [2.24, 2.45) is 5.92 Å². The van der Waals surface area contributed by atoms with E-state index in [1.807, 2.05) is 0 Å². The Hall–Kier alpha value is -1.91. The molecule has 1 heterocycles.